The Morgan fingerprint density at radius 1 is 1.29 bits per heavy atom. The normalized spacial score (nSPS) is 10.8. The summed E-state index contributed by atoms with van der Waals surface area (Å²) in [6.07, 6.45) is 4.04. The van der Waals surface area contributed by atoms with E-state index >= 15 is 0 Å². The number of hydrogen-bond acceptors (Lipinski definition) is 2. The summed E-state index contributed by atoms with van der Waals surface area (Å²) in [5, 5.41) is 0. The molecule has 90 valence electrons. The van der Waals surface area contributed by atoms with Gasteiger partial charge in [0.1, 0.15) is 17.5 Å². The van der Waals surface area contributed by atoms with E-state index in [4.69, 9.17) is 5.73 Å². The van der Waals surface area contributed by atoms with Gasteiger partial charge in [0.15, 0.2) is 0 Å². The van der Waals surface area contributed by atoms with E-state index in [0.717, 1.165) is 11.9 Å². The topological polar surface area (TPSA) is 43.8 Å². The van der Waals surface area contributed by atoms with E-state index in [0.29, 0.717) is 25.1 Å². The molecule has 0 fully saturated rings. The Balaban J connectivity index is 2.22. The fraction of sp³-hybridized carbons (Fsp3) is 0.250. The van der Waals surface area contributed by atoms with Gasteiger partial charge < -0.3 is 10.3 Å². The molecule has 0 amide bonds. The Kier molecular flexibility index (Phi) is 3.49. The van der Waals surface area contributed by atoms with Crippen molar-refractivity contribution in [2.24, 2.45) is 5.73 Å². The second kappa shape index (κ2) is 5.05. The largest absolute Gasteiger partial charge is 0.330 e. The summed E-state index contributed by atoms with van der Waals surface area (Å²) in [5.41, 5.74) is 5.89. The summed E-state index contributed by atoms with van der Waals surface area (Å²) in [7, 11) is 0. The molecule has 17 heavy (non-hydrogen) atoms. The Morgan fingerprint density at radius 2 is 2.12 bits per heavy atom. The lowest BCUT2D eigenvalue weighted by Crippen LogP contribution is -2.11. The SMILES string of the molecule is NCCc1nccn1Cc1ccc(F)cc1F. The zero-order chi connectivity index (χ0) is 12.3. The van der Waals surface area contributed by atoms with E-state index in [9.17, 15) is 8.78 Å². The average Bonchev–Trinajstić information content (AvgIpc) is 2.71. The molecule has 0 aliphatic heterocycles. The predicted octanol–water partition coefficient (Wildman–Crippen LogP) is 1.71. The first-order valence-corrected chi connectivity index (χ1v) is 5.34. The molecule has 2 aromatic rings. The van der Waals surface area contributed by atoms with Gasteiger partial charge in [0.2, 0.25) is 0 Å². The number of aromatic nitrogens is 2. The van der Waals surface area contributed by atoms with Gasteiger partial charge in [-0.2, -0.15) is 0 Å². The monoisotopic (exact) mass is 237 g/mol. The van der Waals surface area contributed by atoms with Gasteiger partial charge in [-0.05, 0) is 12.6 Å². The van der Waals surface area contributed by atoms with Crippen LogP contribution in [0.5, 0.6) is 0 Å². The molecule has 1 heterocycles. The lowest BCUT2D eigenvalue weighted by molar-refractivity contribution is 0.563. The van der Waals surface area contributed by atoms with Crippen LogP contribution in [0.1, 0.15) is 11.4 Å². The highest BCUT2D eigenvalue weighted by molar-refractivity contribution is 5.19. The maximum atomic E-state index is 13.5. The van der Waals surface area contributed by atoms with Crippen molar-refractivity contribution in [3.63, 3.8) is 0 Å². The second-order valence-corrected chi connectivity index (χ2v) is 3.75. The first-order chi connectivity index (χ1) is 8.20. The van der Waals surface area contributed by atoms with Crippen LogP contribution in [-0.4, -0.2) is 16.1 Å². The number of rotatable bonds is 4. The van der Waals surface area contributed by atoms with Gasteiger partial charge in [0.25, 0.3) is 0 Å². The fourth-order valence-electron chi connectivity index (χ4n) is 1.67. The first kappa shape index (κ1) is 11.7. The van der Waals surface area contributed by atoms with Crippen molar-refractivity contribution in [2.45, 2.75) is 13.0 Å². The van der Waals surface area contributed by atoms with Crippen molar-refractivity contribution in [2.75, 3.05) is 6.54 Å². The van der Waals surface area contributed by atoms with Crippen molar-refractivity contribution in [1.29, 1.82) is 0 Å². The van der Waals surface area contributed by atoms with E-state index in [1.54, 1.807) is 12.4 Å². The zero-order valence-electron chi connectivity index (χ0n) is 9.24. The minimum Gasteiger partial charge on any atom is -0.330 e. The summed E-state index contributed by atoms with van der Waals surface area (Å²) in [6, 6.07) is 3.57. The van der Waals surface area contributed by atoms with Crippen LogP contribution in [0.2, 0.25) is 0 Å². The number of halogens is 2. The van der Waals surface area contributed by atoms with Gasteiger partial charge >= 0.3 is 0 Å². The Morgan fingerprint density at radius 3 is 2.82 bits per heavy atom. The van der Waals surface area contributed by atoms with Crippen molar-refractivity contribution < 1.29 is 8.78 Å². The van der Waals surface area contributed by atoms with Gasteiger partial charge in [-0.3, -0.25) is 0 Å². The summed E-state index contributed by atoms with van der Waals surface area (Å²) in [6.45, 7) is 0.824. The second-order valence-electron chi connectivity index (χ2n) is 3.75. The van der Waals surface area contributed by atoms with Gasteiger partial charge in [0, 0.05) is 30.4 Å². The van der Waals surface area contributed by atoms with Crippen molar-refractivity contribution in [3.8, 4) is 0 Å². The van der Waals surface area contributed by atoms with Crippen LogP contribution in [0.25, 0.3) is 0 Å². The minimum atomic E-state index is -0.570. The molecular weight excluding hydrogens is 224 g/mol. The molecule has 0 spiro atoms. The molecule has 2 rings (SSSR count). The maximum absolute atomic E-state index is 13.5. The molecule has 0 radical (unpaired) electrons. The average molecular weight is 237 g/mol. The molecule has 0 bridgehead atoms. The van der Waals surface area contributed by atoms with Gasteiger partial charge in [0.05, 0.1) is 6.54 Å². The van der Waals surface area contributed by atoms with E-state index in [1.807, 2.05) is 4.57 Å². The fourth-order valence-corrected chi connectivity index (χ4v) is 1.67. The van der Waals surface area contributed by atoms with Crippen LogP contribution < -0.4 is 5.73 Å². The third kappa shape index (κ3) is 2.68. The lowest BCUT2D eigenvalue weighted by atomic mass is 10.2. The molecule has 3 nitrogen and oxygen atoms in total. The maximum Gasteiger partial charge on any atom is 0.131 e. The van der Waals surface area contributed by atoms with Crippen LogP contribution in [0.3, 0.4) is 0 Å². The number of hydrogen-bond donors (Lipinski definition) is 1. The number of nitrogens with two attached hydrogens (primary N) is 1. The van der Waals surface area contributed by atoms with Gasteiger partial charge in [-0.1, -0.05) is 6.07 Å². The van der Waals surface area contributed by atoms with Crippen molar-refractivity contribution in [1.82, 2.24) is 9.55 Å². The molecule has 0 atom stereocenters. The molecule has 5 heteroatoms. The molecule has 0 unspecified atom stereocenters. The molecule has 0 aliphatic rings. The van der Waals surface area contributed by atoms with Crippen LogP contribution in [0.4, 0.5) is 8.78 Å². The van der Waals surface area contributed by atoms with E-state index in [-0.39, 0.29) is 0 Å². The molecular formula is C12H13F2N3. The molecule has 1 aromatic carbocycles. The molecule has 2 N–H and O–H groups in total. The van der Waals surface area contributed by atoms with Crippen LogP contribution in [-0.2, 0) is 13.0 Å². The summed E-state index contributed by atoms with van der Waals surface area (Å²) in [4.78, 5) is 4.14. The van der Waals surface area contributed by atoms with Crippen LogP contribution in [0, 0.1) is 11.6 Å². The molecule has 0 saturated heterocycles. The quantitative estimate of drug-likeness (QED) is 0.879. The van der Waals surface area contributed by atoms with Gasteiger partial charge in [-0.25, -0.2) is 13.8 Å². The Bertz CT molecular complexity index is 508. The summed E-state index contributed by atoms with van der Waals surface area (Å²) < 4.78 is 28.0. The highest BCUT2D eigenvalue weighted by atomic mass is 19.1. The zero-order valence-corrected chi connectivity index (χ0v) is 9.24. The molecule has 0 aliphatic carbocycles. The van der Waals surface area contributed by atoms with Crippen LogP contribution in [0.15, 0.2) is 30.6 Å². The predicted molar refractivity (Wildman–Crippen MR) is 60.4 cm³/mol. The summed E-state index contributed by atoms with van der Waals surface area (Å²) >= 11 is 0. The highest BCUT2D eigenvalue weighted by Crippen LogP contribution is 2.12. The number of nitrogens with zero attached hydrogens (tertiary/aromatic N) is 2. The van der Waals surface area contributed by atoms with Crippen molar-refractivity contribution >= 4 is 0 Å². The first-order valence-electron chi connectivity index (χ1n) is 5.34. The third-order valence-corrected chi connectivity index (χ3v) is 2.53. The third-order valence-electron chi connectivity index (χ3n) is 2.53. The molecule has 1 aromatic heterocycles. The smallest absolute Gasteiger partial charge is 0.131 e. The Labute approximate surface area is 97.9 Å². The standard InChI is InChI=1S/C12H13F2N3/c13-10-2-1-9(11(14)7-10)8-17-6-5-16-12(17)3-4-15/h1-2,5-7H,3-4,8,15H2. The van der Waals surface area contributed by atoms with Crippen LogP contribution >= 0.6 is 0 Å². The summed E-state index contributed by atoms with van der Waals surface area (Å²) in [5.74, 6) is -0.312. The van der Waals surface area contributed by atoms with E-state index < -0.39 is 11.6 Å². The lowest BCUT2D eigenvalue weighted by Gasteiger charge is -2.08. The number of imidazole rings is 1. The van der Waals surface area contributed by atoms with Crippen molar-refractivity contribution in [3.05, 3.63) is 53.6 Å². The Hall–Kier alpha value is -1.75. The number of benzene rings is 1. The highest BCUT2D eigenvalue weighted by Gasteiger charge is 2.07. The van der Waals surface area contributed by atoms with E-state index in [1.165, 1.54) is 12.1 Å². The van der Waals surface area contributed by atoms with E-state index in [2.05, 4.69) is 4.98 Å². The minimum absolute atomic E-state index is 0.335. The van der Waals surface area contributed by atoms with Gasteiger partial charge in [-0.15, -0.1) is 0 Å². The molecule has 0 saturated carbocycles.